The van der Waals surface area contributed by atoms with Gasteiger partial charge >= 0.3 is 0 Å². The zero-order valence-corrected chi connectivity index (χ0v) is 11.0. The van der Waals surface area contributed by atoms with Gasteiger partial charge in [0, 0.05) is 23.8 Å². The number of benzene rings is 2. The Labute approximate surface area is 122 Å². The lowest BCUT2D eigenvalue weighted by Gasteiger charge is -2.06. The largest absolute Gasteiger partial charge is 0.507 e. The van der Waals surface area contributed by atoms with Crippen molar-refractivity contribution in [2.45, 2.75) is 0 Å². The molecule has 22 heavy (non-hydrogen) atoms. The van der Waals surface area contributed by atoms with E-state index >= 15 is 0 Å². The van der Waals surface area contributed by atoms with E-state index in [0.29, 0.717) is 5.56 Å². The highest BCUT2D eigenvalue weighted by atomic mass is 17.1. The van der Waals surface area contributed by atoms with E-state index in [1.807, 2.05) is 0 Å². The van der Waals surface area contributed by atoms with Gasteiger partial charge in [0.2, 0.25) is 0 Å². The highest BCUT2D eigenvalue weighted by molar-refractivity contribution is 5.86. The molecule has 2 aromatic carbocycles. The van der Waals surface area contributed by atoms with Crippen LogP contribution in [0.5, 0.6) is 23.0 Å². The molecule has 7 nitrogen and oxygen atoms in total. The molecule has 7 heteroatoms. The third-order valence-corrected chi connectivity index (χ3v) is 3.15. The molecule has 0 spiro atoms. The van der Waals surface area contributed by atoms with Crippen molar-refractivity contribution in [2.75, 3.05) is 0 Å². The molecule has 4 N–H and O–H groups in total. The molecule has 0 aliphatic carbocycles. The first-order valence-corrected chi connectivity index (χ1v) is 6.14. The molecule has 3 rings (SSSR count). The molecule has 0 aliphatic rings. The Hall–Kier alpha value is -3.19. The van der Waals surface area contributed by atoms with Crippen LogP contribution in [-0.4, -0.2) is 20.6 Å². The van der Waals surface area contributed by atoms with Gasteiger partial charge in [0.1, 0.15) is 22.5 Å². The fourth-order valence-corrected chi connectivity index (χ4v) is 2.12. The first kappa shape index (κ1) is 13.8. The van der Waals surface area contributed by atoms with Crippen molar-refractivity contribution in [2.24, 2.45) is 0 Å². The summed E-state index contributed by atoms with van der Waals surface area (Å²) >= 11 is 0. The lowest BCUT2D eigenvalue weighted by atomic mass is 10.1. The zero-order chi connectivity index (χ0) is 15.9. The number of aromatic hydroxyl groups is 3. The van der Waals surface area contributed by atoms with Gasteiger partial charge in [-0.2, -0.15) is 0 Å². The van der Waals surface area contributed by atoms with Gasteiger partial charge in [0.25, 0.3) is 0 Å². The minimum atomic E-state index is -0.509. The molecule has 0 saturated heterocycles. The second kappa shape index (κ2) is 4.97. The Morgan fingerprint density at radius 2 is 1.68 bits per heavy atom. The third kappa shape index (κ3) is 2.19. The molecule has 0 aliphatic heterocycles. The number of fused-ring (bicyclic) bond motifs is 1. The summed E-state index contributed by atoms with van der Waals surface area (Å²) in [4.78, 5) is 16.1. The molecule has 0 radical (unpaired) electrons. The van der Waals surface area contributed by atoms with E-state index in [1.165, 1.54) is 24.3 Å². The summed E-state index contributed by atoms with van der Waals surface area (Å²) in [6.45, 7) is 0. The van der Waals surface area contributed by atoms with E-state index in [1.54, 1.807) is 0 Å². The summed E-state index contributed by atoms with van der Waals surface area (Å²) in [6.07, 6.45) is 0. The SMILES string of the molecule is O=c1cc(-c2ccc(O)c(O)c2)oc2cc(OO)cc(O)c12. The average Bonchev–Trinajstić information content (AvgIpc) is 2.49. The number of phenolic OH excluding ortho intramolecular Hbond substituents is 3. The molecule has 0 unspecified atom stereocenters. The van der Waals surface area contributed by atoms with Crippen LogP contribution in [0.1, 0.15) is 0 Å². The summed E-state index contributed by atoms with van der Waals surface area (Å²) in [5.41, 5.74) is -0.158. The van der Waals surface area contributed by atoms with Crippen LogP contribution >= 0.6 is 0 Å². The standard InChI is InChI=1S/C15H10O7/c16-9-2-1-7(3-10(9)17)13-6-12(19)15-11(18)4-8(22-20)5-14(15)21-13/h1-6,16-18,20H. The maximum atomic E-state index is 12.1. The molecule has 0 fully saturated rings. The maximum Gasteiger partial charge on any atom is 0.197 e. The Morgan fingerprint density at radius 1 is 0.909 bits per heavy atom. The molecule has 112 valence electrons. The second-order valence-corrected chi connectivity index (χ2v) is 4.59. The second-order valence-electron chi connectivity index (χ2n) is 4.59. The highest BCUT2D eigenvalue weighted by Crippen LogP contribution is 2.33. The van der Waals surface area contributed by atoms with Crippen LogP contribution in [0.25, 0.3) is 22.3 Å². The minimum absolute atomic E-state index is 0.000820. The lowest BCUT2D eigenvalue weighted by molar-refractivity contribution is -0.137. The first-order valence-electron chi connectivity index (χ1n) is 6.14. The molecule has 3 aromatic rings. The van der Waals surface area contributed by atoms with Crippen molar-refractivity contribution < 1.29 is 29.9 Å². The highest BCUT2D eigenvalue weighted by Gasteiger charge is 2.14. The first-order chi connectivity index (χ1) is 10.5. The van der Waals surface area contributed by atoms with Gasteiger partial charge in [-0.25, -0.2) is 5.26 Å². The predicted molar refractivity (Wildman–Crippen MR) is 76.2 cm³/mol. The molecule has 1 aromatic heterocycles. The van der Waals surface area contributed by atoms with Crippen molar-refractivity contribution >= 4 is 11.0 Å². The van der Waals surface area contributed by atoms with E-state index < -0.39 is 11.2 Å². The summed E-state index contributed by atoms with van der Waals surface area (Å²) < 4.78 is 5.50. The van der Waals surface area contributed by atoms with Gasteiger partial charge in [0.05, 0.1) is 0 Å². The molecular formula is C15H10O7. The van der Waals surface area contributed by atoms with Crippen LogP contribution in [0.15, 0.2) is 45.6 Å². The topological polar surface area (TPSA) is 120 Å². The van der Waals surface area contributed by atoms with E-state index in [0.717, 1.165) is 12.1 Å². The normalized spacial score (nSPS) is 10.8. The molecule has 0 atom stereocenters. The Kier molecular flexibility index (Phi) is 3.11. The predicted octanol–water partition coefficient (Wildman–Crippen LogP) is 2.43. The fourth-order valence-electron chi connectivity index (χ4n) is 2.12. The van der Waals surface area contributed by atoms with Crippen molar-refractivity contribution in [1.82, 2.24) is 0 Å². The molecule has 0 bridgehead atoms. The van der Waals surface area contributed by atoms with Crippen molar-refractivity contribution in [3.05, 3.63) is 46.6 Å². The van der Waals surface area contributed by atoms with E-state index in [9.17, 15) is 20.1 Å². The van der Waals surface area contributed by atoms with E-state index in [2.05, 4.69) is 4.89 Å². The van der Waals surface area contributed by atoms with Gasteiger partial charge in [-0.3, -0.25) is 4.79 Å². The Bertz CT molecular complexity index is 927. The molecular weight excluding hydrogens is 292 g/mol. The quantitative estimate of drug-likeness (QED) is 0.326. The lowest BCUT2D eigenvalue weighted by Crippen LogP contribution is -2.01. The average molecular weight is 302 g/mol. The smallest absolute Gasteiger partial charge is 0.197 e. The molecule has 0 saturated carbocycles. The van der Waals surface area contributed by atoms with Crippen LogP contribution < -0.4 is 10.3 Å². The summed E-state index contributed by atoms with van der Waals surface area (Å²) in [5.74, 6) is -1.05. The van der Waals surface area contributed by atoms with Crippen LogP contribution in [0, 0.1) is 0 Å². The molecule has 0 amide bonds. The number of hydrogen-bond donors (Lipinski definition) is 4. The van der Waals surface area contributed by atoms with Crippen molar-refractivity contribution in [3.8, 4) is 34.3 Å². The maximum absolute atomic E-state index is 12.1. The van der Waals surface area contributed by atoms with E-state index in [4.69, 9.17) is 9.67 Å². The van der Waals surface area contributed by atoms with Crippen LogP contribution in [0.3, 0.4) is 0 Å². The zero-order valence-electron chi connectivity index (χ0n) is 11.0. The van der Waals surface area contributed by atoms with E-state index in [-0.39, 0.29) is 34.0 Å². The molecule has 1 heterocycles. The van der Waals surface area contributed by atoms with Crippen LogP contribution in [-0.2, 0) is 0 Å². The van der Waals surface area contributed by atoms with Crippen LogP contribution in [0.2, 0.25) is 0 Å². The van der Waals surface area contributed by atoms with Gasteiger partial charge < -0.3 is 24.6 Å². The summed E-state index contributed by atoms with van der Waals surface area (Å²) in [5, 5.41) is 37.2. The summed E-state index contributed by atoms with van der Waals surface area (Å²) in [7, 11) is 0. The third-order valence-electron chi connectivity index (χ3n) is 3.15. The van der Waals surface area contributed by atoms with Gasteiger partial charge in [-0.15, -0.1) is 0 Å². The van der Waals surface area contributed by atoms with Gasteiger partial charge in [-0.05, 0) is 18.2 Å². The van der Waals surface area contributed by atoms with Crippen LogP contribution in [0.4, 0.5) is 0 Å². The number of phenols is 3. The minimum Gasteiger partial charge on any atom is -0.507 e. The monoisotopic (exact) mass is 302 g/mol. The number of rotatable bonds is 2. The van der Waals surface area contributed by atoms with Crippen molar-refractivity contribution in [3.63, 3.8) is 0 Å². The Morgan fingerprint density at radius 3 is 2.36 bits per heavy atom. The summed E-state index contributed by atoms with van der Waals surface area (Å²) in [6, 6.07) is 7.38. The number of hydrogen-bond acceptors (Lipinski definition) is 7. The van der Waals surface area contributed by atoms with Gasteiger partial charge in [0.15, 0.2) is 22.7 Å². The fraction of sp³-hybridized carbons (Fsp3) is 0. The Balaban J connectivity index is 2.27. The van der Waals surface area contributed by atoms with Gasteiger partial charge in [-0.1, -0.05) is 0 Å². The van der Waals surface area contributed by atoms with Crippen molar-refractivity contribution in [1.29, 1.82) is 0 Å².